The van der Waals surface area contributed by atoms with Gasteiger partial charge < -0.3 is 5.73 Å². The predicted molar refractivity (Wildman–Crippen MR) is 56.6 cm³/mol. The number of allylic oxidation sites excluding steroid dienone is 3. The molecule has 0 aromatic carbocycles. The molecule has 74 valence electrons. The summed E-state index contributed by atoms with van der Waals surface area (Å²) in [6.07, 6.45) is 5.34. The topological polar surface area (TPSA) is 80.0 Å². The fourth-order valence-corrected chi connectivity index (χ4v) is 0.969. The van der Waals surface area contributed by atoms with Crippen molar-refractivity contribution in [2.75, 3.05) is 0 Å². The molecule has 0 amide bonds. The number of rotatable bonds is 4. The van der Waals surface area contributed by atoms with Crippen molar-refractivity contribution in [1.82, 2.24) is 15.2 Å². The number of nitrogens with zero attached hydrogens (tertiary/aromatic N) is 3. The lowest BCUT2D eigenvalue weighted by atomic mass is 10.2. The second kappa shape index (κ2) is 5.08. The van der Waals surface area contributed by atoms with Gasteiger partial charge in [0.15, 0.2) is 5.82 Å². The van der Waals surface area contributed by atoms with Crippen molar-refractivity contribution in [3.8, 4) is 0 Å². The molecular formula is C9H13N5. The van der Waals surface area contributed by atoms with E-state index >= 15 is 0 Å². The Balaban J connectivity index is 2.99. The molecule has 0 bridgehead atoms. The van der Waals surface area contributed by atoms with E-state index in [1.165, 1.54) is 0 Å². The molecule has 0 saturated heterocycles. The summed E-state index contributed by atoms with van der Waals surface area (Å²) in [5, 5.41) is 6.73. The molecule has 5 nitrogen and oxygen atoms in total. The van der Waals surface area contributed by atoms with Crippen LogP contribution in [0.4, 0.5) is 0 Å². The second-order valence-corrected chi connectivity index (χ2v) is 2.58. The molecule has 3 N–H and O–H groups in total. The minimum Gasteiger partial charge on any atom is -0.324 e. The average molecular weight is 191 g/mol. The molecular weight excluding hydrogens is 178 g/mol. The van der Waals surface area contributed by atoms with E-state index in [-0.39, 0.29) is 0 Å². The lowest BCUT2D eigenvalue weighted by Crippen LogP contribution is -1.98. The minimum absolute atomic E-state index is 0.345. The number of aromatic amines is 1. The Morgan fingerprint density at radius 2 is 2.50 bits per heavy atom. The molecule has 0 aliphatic rings. The Morgan fingerprint density at radius 3 is 3.00 bits per heavy atom. The summed E-state index contributed by atoms with van der Waals surface area (Å²) in [6.45, 7) is 5.64. The van der Waals surface area contributed by atoms with E-state index in [1.807, 2.05) is 19.1 Å². The van der Waals surface area contributed by atoms with Crippen molar-refractivity contribution >= 4 is 12.3 Å². The molecule has 0 fully saturated rings. The number of hydrogen-bond donors (Lipinski definition) is 2. The smallest absolute Gasteiger partial charge is 0.182 e. The summed E-state index contributed by atoms with van der Waals surface area (Å²) in [5.74, 6) is 1.23. The Kier molecular flexibility index (Phi) is 3.75. The second-order valence-electron chi connectivity index (χ2n) is 2.58. The molecule has 0 saturated carbocycles. The van der Waals surface area contributed by atoms with Gasteiger partial charge in [-0.15, -0.1) is 0 Å². The highest BCUT2D eigenvalue weighted by molar-refractivity contribution is 5.69. The van der Waals surface area contributed by atoms with Crippen molar-refractivity contribution in [2.24, 2.45) is 10.7 Å². The van der Waals surface area contributed by atoms with Crippen LogP contribution in [0.3, 0.4) is 0 Å². The van der Waals surface area contributed by atoms with Gasteiger partial charge in [-0.05, 0) is 13.6 Å². The number of aromatic nitrogens is 3. The van der Waals surface area contributed by atoms with E-state index in [0.29, 0.717) is 18.2 Å². The Labute approximate surface area is 82.5 Å². The first-order valence-electron chi connectivity index (χ1n) is 4.22. The van der Waals surface area contributed by atoms with Gasteiger partial charge in [-0.3, -0.25) is 10.1 Å². The first-order chi connectivity index (χ1) is 6.81. The molecule has 14 heavy (non-hydrogen) atoms. The Bertz CT molecular complexity index is 361. The predicted octanol–water partition coefficient (Wildman–Crippen LogP) is 0.881. The van der Waals surface area contributed by atoms with Crippen LogP contribution in [-0.4, -0.2) is 21.9 Å². The third-order valence-corrected chi connectivity index (χ3v) is 1.56. The molecule has 1 rings (SSSR count). The Hall–Kier alpha value is -1.75. The maximum atomic E-state index is 5.40. The van der Waals surface area contributed by atoms with Crippen molar-refractivity contribution in [3.63, 3.8) is 0 Å². The van der Waals surface area contributed by atoms with E-state index in [9.17, 15) is 0 Å². The van der Waals surface area contributed by atoms with Crippen molar-refractivity contribution in [1.29, 1.82) is 0 Å². The molecule has 0 aliphatic heterocycles. The summed E-state index contributed by atoms with van der Waals surface area (Å²) in [7, 11) is 0. The zero-order valence-electron chi connectivity index (χ0n) is 8.07. The highest BCUT2D eigenvalue weighted by atomic mass is 15.2. The maximum Gasteiger partial charge on any atom is 0.182 e. The van der Waals surface area contributed by atoms with Crippen LogP contribution in [0.1, 0.15) is 18.6 Å². The summed E-state index contributed by atoms with van der Waals surface area (Å²) in [5.41, 5.74) is 6.21. The Morgan fingerprint density at radius 1 is 1.71 bits per heavy atom. The minimum atomic E-state index is 0.345. The number of nitrogens with two attached hydrogens (primary N) is 1. The number of hydrogen-bond acceptors (Lipinski definition) is 4. The first kappa shape index (κ1) is 10.3. The van der Waals surface area contributed by atoms with E-state index in [1.54, 1.807) is 6.20 Å². The van der Waals surface area contributed by atoms with Gasteiger partial charge in [0.1, 0.15) is 5.82 Å². The van der Waals surface area contributed by atoms with Gasteiger partial charge in [-0.2, -0.15) is 5.10 Å². The van der Waals surface area contributed by atoms with Gasteiger partial charge in [-0.1, -0.05) is 12.2 Å². The maximum absolute atomic E-state index is 5.40. The van der Waals surface area contributed by atoms with E-state index in [0.717, 1.165) is 5.57 Å². The number of H-pyrrole nitrogens is 1. The van der Waals surface area contributed by atoms with Crippen molar-refractivity contribution < 1.29 is 0 Å². The van der Waals surface area contributed by atoms with Crippen LogP contribution < -0.4 is 5.73 Å². The van der Waals surface area contributed by atoms with Gasteiger partial charge in [0.25, 0.3) is 0 Å². The lowest BCUT2D eigenvalue weighted by molar-refractivity contribution is 0.917. The summed E-state index contributed by atoms with van der Waals surface area (Å²) in [6, 6.07) is 0. The molecule has 5 heteroatoms. The normalized spacial score (nSPS) is 12.3. The number of aliphatic imine (C=N–C) groups is 1. The van der Waals surface area contributed by atoms with Gasteiger partial charge in [0.05, 0.1) is 6.54 Å². The van der Waals surface area contributed by atoms with Crippen molar-refractivity contribution in [3.05, 3.63) is 30.0 Å². The quantitative estimate of drug-likeness (QED) is 0.547. The summed E-state index contributed by atoms with van der Waals surface area (Å²) >= 11 is 0. The van der Waals surface area contributed by atoms with E-state index in [2.05, 4.69) is 26.9 Å². The fourth-order valence-electron chi connectivity index (χ4n) is 0.969. The van der Waals surface area contributed by atoms with Crippen LogP contribution in [0.15, 0.2) is 23.3 Å². The summed E-state index contributed by atoms with van der Waals surface area (Å²) in [4.78, 5) is 7.84. The summed E-state index contributed by atoms with van der Waals surface area (Å²) < 4.78 is 0. The average Bonchev–Trinajstić information content (AvgIpc) is 2.65. The largest absolute Gasteiger partial charge is 0.324 e. The lowest BCUT2D eigenvalue weighted by Gasteiger charge is -1.91. The van der Waals surface area contributed by atoms with Crippen LogP contribution >= 0.6 is 0 Å². The molecule has 0 radical (unpaired) electrons. The third kappa shape index (κ3) is 2.37. The molecule has 1 heterocycles. The van der Waals surface area contributed by atoms with E-state index < -0.39 is 0 Å². The van der Waals surface area contributed by atoms with E-state index in [4.69, 9.17) is 5.73 Å². The van der Waals surface area contributed by atoms with Crippen LogP contribution in [0.2, 0.25) is 0 Å². The van der Waals surface area contributed by atoms with Crippen LogP contribution in [0.25, 0.3) is 5.57 Å². The zero-order chi connectivity index (χ0) is 10.4. The monoisotopic (exact) mass is 191 g/mol. The highest BCUT2D eigenvalue weighted by Gasteiger charge is 2.04. The van der Waals surface area contributed by atoms with Crippen molar-refractivity contribution in [2.45, 2.75) is 13.5 Å². The molecule has 1 aromatic heterocycles. The molecule has 0 spiro atoms. The van der Waals surface area contributed by atoms with Crippen LogP contribution in [0.5, 0.6) is 0 Å². The first-order valence-corrected chi connectivity index (χ1v) is 4.22. The highest BCUT2D eigenvalue weighted by Crippen LogP contribution is 2.10. The zero-order valence-corrected chi connectivity index (χ0v) is 8.07. The van der Waals surface area contributed by atoms with Gasteiger partial charge >= 0.3 is 0 Å². The van der Waals surface area contributed by atoms with Gasteiger partial charge in [-0.25, -0.2) is 4.98 Å². The third-order valence-electron chi connectivity index (χ3n) is 1.56. The molecule has 0 aliphatic carbocycles. The molecule has 1 aromatic rings. The van der Waals surface area contributed by atoms with Crippen LogP contribution in [-0.2, 0) is 6.54 Å². The number of nitrogens with one attached hydrogen (secondary N) is 1. The SMILES string of the molecule is C=N/C=C(\C=C/C)c1n[nH]c(CN)n1. The molecule has 0 atom stereocenters. The van der Waals surface area contributed by atoms with Crippen LogP contribution in [0, 0.1) is 0 Å². The van der Waals surface area contributed by atoms with Gasteiger partial charge in [0.2, 0.25) is 0 Å². The standard InChI is InChI=1S/C9H13N5/c1-3-4-7(6-11-2)9-12-8(5-10)13-14-9/h3-4,6H,2,5,10H2,1H3,(H,12,13,14)/b4-3-,7-6+. The van der Waals surface area contributed by atoms with Gasteiger partial charge in [0, 0.05) is 11.8 Å². The fraction of sp³-hybridized carbons (Fsp3) is 0.222. The molecule has 0 unspecified atom stereocenters.